The lowest BCUT2D eigenvalue weighted by molar-refractivity contribution is 0.0198. The van der Waals surface area contributed by atoms with E-state index in [1.807, 2.05) is 13.8 Å². The zero-order valence-electron chi connectivity index (χ0n) is 14.8. The van der Waals surface area contributed by atoms with E-state index in [-0.39, 0.29) is 7.43 Å². The van der Waals surface area contributed by atoms with Crippen molar-refractivity contribution in [1.29, 1.82) is 0 Å². The van der Waals surface area contributed by atoms with Gasteiger partial charge in [-0.3, -0.25) is 0 Å². The summed E-state index contributed by atoms with van der Waals surface area (Å²) in [7, 11) is 0. The zero-order valence-corrected chi connectivity index (χ0v) is 14.8. The van der Waals surface area contributed by atoms with E-state index in [9.17, 15) is 0 Å². The minimum atomic E-state index is 0. The standard InChI is InChI=1S/C10H16.C4H10.C3H8.C2H6.CH4/c1-7-2-9-4-8(1)5-10(3-7)6-9;1-4(2)3;1-3-2;1-2;/h7-10H,1-6H2;4H,1-3H3;3H2,1-2H3;1-2H3;1H4. The van der Waals surface area contributed by atoms with Gasteiger partial charge in [-0.2, -0.15) is 0 Å². The van der Waals surface area contributed by atoms with Crippen LogP contribution in [0.15, 0.2) is 0 Å². The van der Waals surface area contributed by atoms with E-state index in [1.165, 1.54) is 30.1 Å². The molecule has 0 heterocycles. The summed E-state index contributed by atoms with van der Waals surface area (Å²) in [6.45, 7) is 14.7. The van der Waals surface area contributed by atoms with Gasteiger partial charge in [0.2, 0.25) is 0 Å². The Hall–Kier alpha value is 0. The molecule has 0 heteroatoms. The summed E-state index contributed by atoms with van der Waals surface area (Å²) in [6, 6.07) is 0. The summed E-state index contributed by atoms with van der Waals surface area (Å²) in [5.74, 6) is 5.54. The second-order valence-corrected chi connectivity index (χ2v) is 7.32. The quantitative estimate of drug-likeness (QED) is 0.430. The van der Waals surface area contributed by atoms with Crippen LogP contribution >= 0.6 is 0 Å². The molecule has 4 aliphatic rings. The van der Waals surface area contributed by atoms with Crippen LogP contribution in [0.2, 0.25) is 0 Å². The fourth-order valence-electron chi connectivity index (χ4n) is 3.98. The fourth-order valence-corrected chi connectivity index (χ4v) is 3.98. The molecule has 0 amide bonds. The molecular weight excluding hydrogens is 240 g/mol. The first-order chi connectivity index (χ1) is 9.05. The Labute approximate surface area is 131 Å². The molecular formula is C20H44. The molecule has 0 aromatic rings. The maximum Gasteiger partial charge on any atom is -0.0406 e. The van der Waals surface area contributed by atoms with E-state index in [2.05, 4.69) is 34.6 Å². The van der Waals surface area contributed by atoms with E-state index in [0.717, 1.165) is 5.92 Å². The Morgan fingerprint density at radius 3 is 0.850 bits per heavy atom. The lowest BCUT2D eigenvalue weighted by Gasteiger charge is -2.49. The monoisotopic (exact) mass is 284 g/mol. The van der Waals surface area contributed by atoms with Crippen LogP contribution < -0.4 is 0 Å². The van der Waals surface area contributed by atoms with Gasteiger partial charge in [-0.05, 0) is 68.1 Å². The molecule has 0 atom stereocenters. The highest BCUT2D eigenvalue weighted by Gasteiger charge is 2.41. The molecule has 0 N–H and O–H groups in total. The first kappa shape index (κ1) is 22.3. The van der Waals surface area contributed by atoms with Gasteiger partial charge in [0.25, 0.3) is 0 Å². The lowest BCUT2D eigenvalue weighted by Crippen LogP contribution is -2.38. The summed E-state index contributed by atoms with van der Waals surface area (Å²) in [4.78, 5) is 0. The summed E-state index contributed by atoms with van der Waals surface area (Å²) >= 11 is 0. The summed E-state index contributed by atoms with van der Waals surface area (Å²) < 4.78 is 0. The largest absolute Gasteiger partial charge is 0.0776 e. The smallest absolute Gasteiger partial charge is 0.0406 e. The first-order valence-corrected chi connectivity index (χ1v) is 9.05. The van der Waals surface area contributed by atoms with E-state index in [0.29, 0.717) is 0 Å². The third kappa shape index (κ3) is 9.03. The van der Waals surface area contributed by atoms with Crippen molar-refractivity contribution in [2.75, 3.05) is 0 Å². The molecule has 0 unspecified atom stereocenters. The molecule has 4 aliphatic carbocycles. The fraction of sp³-hybridized carbons (Fsp3) is 1.00. The highest BCUT2D eigenvalue weighted by atomic mass is 14.5. The Kier molecular flexibility index (Phi) is 14.2. The van der Waals surface area contributed by atoms with E-state index in [4.69, 9.17) is 0 Å². The molecule has 20 heavy (non-hydrogen) atoms. The molecule has 0 saturated heterocycles. The topological polar surface area (TPSA) is 0 Å². The molecule has 0 aliphatic heterocycles. The Morgan fingerprint density at radius 2 is 0.750 bits per heavy atom. The van der Waals surface area contributed by atoms with Crippen molar-refractivity contribution in [3.8, 4) is 0 Å². The highest BCUT2D eigenvalue weighted by Crippen LogP contribution is 2.53. The predicted octanol–water partition coefficient (Wildman–Crippen LogP) is 7.57. The average molecular weight is 285 g/mol. The summed E-state index contributed by atoms with van der Waals surface area (Å²) in [5.41, 5.74) is 0. The molecule has 0 aromatic heterocycles. The van der Waals surface area contributed by atoms with Crippen molar-refractivity contribution >= 4 is 0 Å². The van der Waals surface area contributed by atoms with Crippen molar-refractivity contribution in [2.45, 2.75) is 101 Å². The molecule has 4 saturated carbocycles. The molecule has 4 fully saturated rings. The van der Waals surface area contributed by atoms with Gasteiger partial charge < -0.3 is 0 Å². The Morgan fingerprint density at radius 1 is 0.650 bits per heavy atom. The lowest BCUT2D eigenvalue weighted by atomic mass is 9.56. The van der Waals surface area contributed by atoms with E-state index >= 15 is 0 Å². The van der Waals surface area contributed by atoms with Crippen molar-refractivity contribution < 1.29 is 0 Å². The minimum Gasteiger partial charge on any atom is -0.0776 e. The van der Waals surface area contributed by atoms with Gasteiger partial charge in [-0.15, -0.1) is 0 Å². The third-order valence-electron chi connectivity index (χ3n) is 4.00. The average Bonchev–Trinajstić information content (AvgIpc) is 2.30. The van der Waals surface area contributed by atoms with Gasteiger partial charge >= 0.3 is 0 Å². The van der Waals surface area contributed by atoms with Crippen LogP contribution in [0.1, 0.15) is 101 Å². The normalized spacial score (nSPS) is 31.8. The van der Waals surface area contributed by atoms with Crippen molar-refractivity contribution in [1.82, 2.24) is 0 Å². The maximum absolute atomic E-state index is 2.17. The van der Waals surface area contributed by atoms with Crippen LogP contribution in [0.25, 0.3) is 0 Å². The number of hydrogen-bond donors (Lipinski definition) is 0. The highest BCUT2D eigenvalue weighted by molar-refractivity contribution is 4.92. The van der Waals surface area contributed by atoms with Crippen LogP contribution in [-0.4, -0.2) is 0 Å². The minimum absolute atomic E-state index is 0. The van der Waals surface area contributed by atoms with E-state index in [1.54, 1.807) is 38.5 Å². The number of rotatable bonds is 0. The van der Waals surface area contributed by atoms with Gasteiger partial charge in [-0.1, -0.05) is 62.3 Å². The maximum atomic E-state index is 2.17. The zero-order chi connectivity index (χ0) is 14.8. The van der Waals surface area contributed by atoms with Crippen LogP contribution in [0.4, 0.5) is 0 Å². The first-order valence-electron chi connectivity index (χ1n) is 9.05. The molecule has 0 spiro atoms. The summed E-state index contributed by atoms with van der Waals surface area (Å²) in [5, 5.41) is 0. The molecule has 4 rings (SSSR count). The third-order valence-corrected chi connectivity index (χ3v) is 4.00. The van der Waals surface area contributed by atoms with Gasteiger partial charge in [0.1, 0.15) is 0 Å². The van der Waals surface area contributed by atoms with Gasteiger partial charge in [0.15, 0.2) is 0 Å². The van der Waals surface area contributed by atoms with Crippen molar-refractivity contribution in [3.63, 3.8) is 0 Å². The Bertz CT molecular complexity index is 133. The second kappa shape index (κ2) is 12.7. The molecule has 124 valence electrons. The molecule has 0 nitrogen and oxygen atoms in total. The van der Waals surface area contributed by atoms with E-state index < -0.39 is 0 Å². The van der Waals surface area contributed by atoms with Crippen LogP contribution in [0.3, 0.4) is 0 Å². The molecule has 0 aromatic carbocycles. The Balaban J connectivity index is 0. The second-order valence-electron chi connectivity index (χ2n) is 7.32. The van der Waals surface area contributed by atoms with Gasteiger partial charge in [0.05, 0.1) is 0 Å². The predicted molar refractivity (Wildman–Crippen MR) is 96.2 cm³/mol. The summed E-state index contributed by atoms with van der Waals surface area (Å²) in [6.07, 6.45) is 10.9. The van der Waals surface area contributed by atoms with Crippen molar-refractivity contribution in [3.05, 3.63) is 0 Å². The van der Waals surface area contributed by atoms with Gasteiger partial charge in [0, 0.05) is 0 Å². The molecule has 4 bridgehead atoms. The van der Waals surface area contributed by atoms with Crippen LogP contribution in [-0.2, 0) is 0 Å². The van der Waals surface area contributed by atoms with Crippen LogP contribution in [0, 0.1) is 29.6 Å². The molecule has 0 radical (unpaired) electrons. The number of hydrogen-bond acceptors (Lipinski definition) is 0. The van der Waals surface area contributed by atoms with Crippen molar-refractivity contribution in [2.24, 2.45) is 29.6 Å². The van der Waals surface area contributed by atoms with Crippen LogP contribution in [0.5, 0.6) is 0 Å². The SMILES string of the molecule is C.C1C2CC3CC1CC(C2)C3.CC.CC(C)C.CCC. The van der Waals surface area contributed by atoms with Gasteiger partial charge in [-0.25, -0.2) is 0 Å².